The van der Waals surface area contributed by atoms with Gasteiger partial charge in [0.05, 0.1) is 25.5 Å². The smallest absolute Gasteiger partial charge is 0.232 e. The first-order valence-electron chi connectivity index (χ1n) is 10.3. The number of furan rings is 1. The second kappa shape index (κ2) is 8.64. The minimum absolute atomic E-state index is 0.00320. The number of hydrogen-bond acceptors (Lipinski definition) is 7. The van der Waals surface area contributed by atoms with E-state index in [4.69, 9.17) is 13.6 Å². The van der Waals surface area contributed by atoms with Gasteiger partial charge in [-0.25, -0.2) is 0 Å². The van der Waals surface area contributed by atoms with Crippen LogP contribution in [0.1, 0.15) is 17.5 Å². The van der Waals surface area contributed by atoms with Crippen molar-refractivity contribution < 1.29 is 13.6 Å². The number of anilines is 1. The van der Waals surface area contributed by atoms with Crippen LogP contribution in [0.15, 0.2) is 69.7 Å². The van der Waals surface area contributed by atoms with Crippen molar-refractivity contribution in [3.05, 3.63) is 72.3 Å². The average molecular weight is 414 g/mol. The summed E-state index contributed by atoms with van der Waals surface area (Å²) in [6.07, 6.45) is 1.68. The fourth-order valence-electron chi connectivity index (χ4n) is 4.01. The summed E-state index contributed by atoms with van der Waals surface area (Å²) < 4.78 is 17.2. The van der Waals surface area contributed by atoms with Crippen LogP contribution in [0.5, 0.6) is 0 Å². The largest absolute Gasteiger partial charge is 0.468 e. The van der Waals surface area contributed by atoms with E-state index < -0.39 is 0 Å². The molecule has 1 atom stereocenters. The molecule has 7 heteroatoms. The predicted molar refractivity (Wildman–Crippen MR) is 116 cm³/mol. The monoisotopic (exact) mass is 414 g/mol. The Hall–Kier alpha value is -3.60. The maximum atomic E-state index is 9.63. The van der Waals surface area contributed by atoms with E-state index in [0.717, 1.165) is 35.2 Å². The number of nitrogens with one attached hydrogen (secondary N) is 1. The normalized spacial score (nSPS) is 15.6. The number of oxazole rings is 1. The molecule has 0 unspecified atom stereocenters. The molecule has 1 N–H and O–H groups in total. The van der Waals surface area contributed by atoms with E-state index in [1.807, 2.05) is 54.6 Å². The summed E-state index contributed by atoms with van der Waals surface area (Å²) >= 11 is 0. The average Bonchev–Trinajstić information content (AvgIpc) is 3.50. The number of aromatic nitrogens is 1. The van der Waals surface area contributed by atoms with Gasteiger partial charge < -0.3 is 18.9 Å². The van der Waals surface area contributed by atoms with Gasteiger partial charge >= 0.3 is 0 Å². The van der Waals surface area contributed by atoms with Crippen molar-refractivity contribution in [2.75, 3.05) is 38.2 Å². The zero-order valence-corrected chi connectivity index (χ0v) is 17.0. The molecule has 1 aliphatic rings. The predicted octanol–water partition coefficient (Wildman–Crippen LogP) is 4.44. The molecule has 31 heavy (non-hydrogen) atoms. The highest BCUT2D eigenvalue weighted by Crippen LogP contribution is 2.32. The number of benzene rings is 2. The molecule has 4 aromatic rings. The van der Waals surface area contributed by atoms with E-state index in [2.05, 4.69) is 21.3 Å². The highest BCUT2D eigenvalue weighted by Gasteiger charge is 2.26. The first kappa shape index (κ1) is 19.4. The molecule has 0 saturated carbocycles. The van der Waals surface area contributed by atoms with E-state index >= 15 is 0 Å². The van der Waals surface area contributed by atoms with E-state index in [1.54, 1.807) is 6.26 Å². The Kier molecular flexibility index (Phi) is 5.40. The minimum Gasteiger partial charge on any atom is -0.468 e. The van der Waals surface area contributed by atoms with Gasteiger partial charge in [0.2, 0.25) is 17.5 Å². The number of morpholine rings is 1. The third kappa shape index (κ3) is 3.91. The summed E-state index contributed by atoms with van der Waals surface area (Å²) in [6, 6.07) is 20.0. The van der Waals surface area contributed by atoms with Crippen LogP contribution in [0.2, 0.25) is 0 Å². The molecule has 1 aliphatic heterocycles. The summed E-state index contributed by atoms with van der Waals surface area (Å²) in [7, 11) is 0. The molecule has 0 amide bonds. The Morgan fingerprint density at radius 2 is 1.90 bits per heavy atom. The third-order valence-electron chi connectivity index (χ3n) is 5.57. The highest BCUT2D eigenvalue weighted by molar-refractivity contribution is 5.94. The summed E-state index contributed by atoms with van der Waals surface area (Å²) in [5.74, 6) is 1.66. The van der Waals surface area contributed by atoms with Crippen molar-refractivity contribution in [1.82, 2.24) is 9.88 Å². The lowest BCUT2D eigenvalue weighted by Gasteiger charge is -2.33. The third-order valence-corrected chi connectivity index (χ3v) is 5.57. The lowest BCUT2D eigenvalue weighted by molar-refractivity contribution is 0.0144. The SMILES string of the molecule is N#Cc1nc(-c2cccc3ccccc23)oc1NC[C@@H](c1ccco1)N1CCOCC1. The minimum atomic E-state index is -0.00320. The van der Waals surface area contributed by atoms with Crippen LogP contribution in [0, 0.1) is 11.3 Å². The van der Waals surface area contributed by atoms with Crippen LogP contribution in [-0.2, 0) is 4.74 Å². The van der Waals surface area contributed by atoms with Gasteiger partial charge in [-0.1, -0.05) is 36.4 Å². The van der Waals surface area contributed by atoms with Crippen LogP contribution in [0.3, 0.4) is 0 Å². The molecule has 0 spiro atoms. The molecular weight excluding hydrogens is 392 g/mol. The number of nitrogens with zero attached hydrogens (tertiary/aromatic N) is 3. The molecule has 1 fully saturated rings. The van der Waals surface area contributed by atoms with Crippen molar-refractivity contribution in [2.45, 2.75) is 6.04 Å². The van der Waals surface area contributed by atoms with Gasteiger partial charge in [-0.3, -0.25) is 4.90 Å². The highest BCUT2D eigenvalue weighted by atomic mass is 16.5. The number of fused-ring (bicyclic) bond motifs is 1. The zero-order valence-electron chi connectivity index (χ0n) is 17.0. The fourth-order valence-corrected chi connectivity index (χ4v) is 4.01. The molecule has 0 radical (unpaired) electrons. The molecular formula is C24H22N4O3. The molecule has 3 heterocycles. The summed E-state index contributed by atoms with van der Waals surface area (Å²) in [6.45, 7) is 3.53. The summed E-state index contributed by atoms with van der Waals surface area (Å²) in [5.41, 5.74) is 1.10. The first-order chi connectivity index (χ1) is 15.3. The molecule has 0 aliphatic carbocycles. The number of ether oxygens (including phenoxy) is 1. The fraction of sp³-hybridized carbons (Fsp3) is 0.250. The van der Waals surface area contributed by atoms with Crippen molar-refractivity contribution in [3.63, 3.8) is 0 Å². The number of nitriles is 1. The van der Waals surface area contributed by atoms with Gasteiger partial charge in [-0.15, -0.1) is 0 Å². The lowest BCUT2D eigenvalue weighted by atomic mass is 10.0. The van der Waals surface area contributed by atoms with E-state index in [-0.39, 0.29) is 11.7 Å². The lowest BCUT2D eigenvalue weighted by Crippen LogP contribution is -2.41. The molecule has 2 aromatic heterocycles. The van der Waals surface area contributed by atoms with Gasteiger partial charge in [0.15, 0.2) is 0 Å². The van der Waals surface area contributed by atoms with Crippen molar-refractivity contribution >= 4 is 16.7 Å². The molecule has 5 rings (SSSR count). The standard InChI is InChI=1S/C24H22N4O3/c25-15-20-24(26-16-21(22-9-4-12-30-22)28-10-13-29-14-11-28)31-23(27-20)19-8-3-6-17-5-1-2-7-18(17)19/h1-9,12,21,26H,10-11,13-14,16H2/t21-/m0/s1. The molecule has 7 nitrogen and oxygen atoms in total. The Bertz CT molecular complexity index is 1200. The number of hydrogen-bond donors (Lipinski definition) is 1. The van der Waals surface area contributed by atoms with Crippen LogP contribution < -0.4 is 5.32 Å². The van der Waals surface area contributed by atoms with E-state index in [0.29, 0.717) is 31.5 Å². The zero-order chi connectivity index (χ0) is 21.0. The summed E-state index contributed by atoms with van der Waals surface area (Å²) in [5, 5.41) is 15.1. The van der Waals surface area contributed by atoms with Crippen LogP contribution in [0.4, 0.5) is 5.88 Å². The Morgan fingerprint density at radius 1 is 1.06 bits per heavy atom. The second-order valence-electron chi connectivity index (χ2n) is 7.40. The maximum Gasteiger partial charge on any atom is 0.232 e. The summed E-state index contributed by atoms with van der Waals surface area (Å²) in [4.78, 5) is 6.76. The molecule has 0 bridgehead atoms. The quantitative estimate of drug-likeness (QED) is 0.499. The van der Waals surface area contributed by atoms with E-state index in [1.165, 1.54) is 0 Å². The topological polar surface area (TPSA) is 87.5 Å². The van der Waals surface area contributed by atoms with E-state index in [9.17, 15) is 5.26 Å². The van der Waals surface area contributed by atoms with Crippen molar-refractivity contribution in [3.8, 4) is 17.5 Å². The number of rotatable bonds is 6. The van der Waals surface area contributed by atoms with Gasteiger partial charge in [0, 0.05) is 25.2 Å². The van der Waals surface area contributed by atoms with Gasteiger partial charge in [0.25, 0.3) is 0 Å². The Labute approximate surface area is 179 Å². The van der Waals surface area contributed by atoms with Crippen LogP contribution in [-0.4, -0.2) is 42.7 Å². The Balaban J connectivity index is 1.43. The molecule has 156 valence electrons. The van der Waals surface area contributed by atoms with Gasteiger partial charge in [-0.05, 0) is 29.0 Å². The van der Waals surface area contributed by atoms with Crippen LogP contribution >= 0.6 is 0 Å². The van der Waals surface area contributed by atoms with Gasteiger partial charge in [-0.2, -0.15) is 10.2 Å². The first-order valence-corrected chi connectivity index (χ1v) is 10.3. The maximum absolute atomic E-state index is 9.63. The second-order valence-corrected chi connectivity index (χ2v) is 7.40. The van der Waals surface area contributed by atoms with Crippen LogP contribution in [0.25, 0.3) is 22.2 Å². The van der Waals surface area contributed by atoms with Gasteiger partial charge in [0.1, 0.15) is 11.8 Å². The van der Waals surface area contributed by atoms with Crippen molar-refractivity contribution in [2.24, 2.45) is 0 Å². The van der Waals surface area contributed by atoms with Crippen molar-refractivity contribution in [1.29, 1.82) is 5.26 Å². The molecule has 2 aromatic carbocycles. The molecule has 1 saturated heterocycles. The Morgan fingerprint density at radius 3 is 2.71 bits per heavy atom.